The standard InChI is InChI=1S/C12H13N3O/c1-3-10(12-15-7-8-16-12)4-2-9(1)11-13-5-6-14-11/h1-4H,5-8H2,(H,13,14). The third kappa shape index (κ3) is 1.66. The van der Waals surface area contributed by atoms with Crippen molar-refractivity contribution >= 4 is 11.7 Å². The molecule has 82 valence electrons. The second-order valence-electron chi connectivity index (χ2n) is 3.77. The fourth-order valence-electron chi connectivity index (χ4n) is 1.87. The molecule has 0 fully saturated rings. The van der Waals surface area contributed by atoms with Crippen LogP contribution in [0.25, 0.3) is 0 Å². The summed E-state index contributed by atoms with van der Waals surface area (Å²) in [7, 11) is 0. The Labute approximate surface area is 94.1 Å². The molecule has 0 atom stereocenters. The normalized spacial score (nSPS) is 18.8. The van der Waals surface area contributed by atoms with Gasteiger partial charge in [0, 0.05) is 17.7 Å². The van der Waals surface area contributed by atoms with E-state index >= 15 is 0 Å². The minimum absolute atomic E-state index is 0.700. The number of benzene rings is 1. The molecule has 1 aromatic carbocycles. The highest BCUT2D eigenvalue weighted by atomic mass is 16.5. The Balaban J connectivity index is 1.84. The van der Waals surface area contributed by atoms with Gasteiger partial charge in [-0.2, -0.15) is 0 Å². The van der Waals surface area contributed by atoms with Gasteiger partial charge in [0.05, 0.1) is 13.1 Å². The van der Waals surface area contributed by atoms with E-state index in [2.05, 4.69) is 27.4 Å². The van der Waals surface area contributed by atoms with Crippen LogP contribution in [0.15, 0.2) is 34.3 Å². The van der Waals surface area contributed by atoms with Crippen molar-refractivity contribution in [2.45, 2.75) is 0 Å². The Morgan fingerprint density at radius 1 is 1.00 bits per heavy atom. The van der Waals surface area contributed by atoms with Gasteiger partial charge in [0.1, 0.15) is 12.4 Å². The average molecular weight is 215 g/mol. The van der Waals surface area contributed by atoms with Gasteiger partial charge in [-0.15, -0.1) is 0 Å². The van der Waals surface area contributed by atoms with Crippen LogP contribution >= 0.6 is 0 Å². The first-order valence-electron chi connectivity index (χ1n) is 5.50. The summed E-state index contributed by atoms with van der Waals surface area (Å²) in [5, 5.41) is 3.25. The van der Waals surface area contributed by atoms with Gasteiger partial charge in [-0.1, -0.05) is 12.1 Å². The molecular formula is C12H13N3O. The van der Waals surface area contributed by atoms with Crippen molar-refractivity contribution < 1.29 is 4.74 Å². The minimum atomic E-state index is 0.700. The highest BCUT2D eigenvalue weighted by Crippen LogP contribution is 2.10. The molecule has 2 aliphatic rings. The predicted molar refractivity (Wildman–Crippen MR) is 63.2 cm³/mol. The van der Waals surface area contributed by atoms with Crippen LogP contribution in [0.1, 0.15) is 11.1 Å². The monoisotopic (exact) mass is 215 g/mol. The van der Waals surface area contributed by atoms with E-state index in [1.54, 1.807) is 0 Å². The van der Waals surface area contributed by atoms with Gasteiger partial charge < -0.3 is 10.1 Å². The summed E-state index contributed by atoms with van der Waals surface area (Å²) < 4.78 is 5.41. The maximum absolute atomic E-state index is 5.41. The molecule has 1 N–H and O–H groups in total. The SMILES string of the molecule is c1cc(C2=NCCO2)ccc1C1=NCCN1. The summed E-state index contributed by atoms with van der Waals surface area (Å²) in [5.74, 6) is 1.74. The van der Waals surface area contributed by atoms with Crippen LogP contribution < -0.4 is 5.32 Å². The van der Waals surface area contributed by atoms with E-state index in [1.807, 2.05) is 12.1 Å². The number of amidine groups is 1. The molecular weight excluding hydrogens is 202 g/mol. The number of nitrogens with one attached hydrogen (secondary N) is 1. The first-order valence-corrected chi connectivity index (χ1v) is 5.50. The molecule has 0 aromatic heterocycles. The molecule has 0 saturated heterocycles. The molecule has 3 rings (SSSR count). The molecule has 2 heterocycles. The van der Waals surface area contributed by atoms with Gasteiger partial charge in [-0.3, -0.25) is 4.99 Å². The Kier molecular flexibility index (Phi) is 2.33. The van der Waals surface area contributed by atoms with Crippen molar-refractivity contribution in [3.05, 3.63) is 35.4 Å². The van der Waals surface area contributed by atoms with Crippen LogP contribution in [-0.4, -0.2) is 38.0 Å². The number of aliphatic imine (C=N–C) groups is 2. The lowest BCUT2D eigenvalue weighted by atomic mass is 10.1. The van der Waals surface area contributed by atoms with Crippen LogP contribution in [0, 0.1) is 0 Å². The first kappa shape index (κ1) is 9.39. The smallest absolute Gasteiger partial charge is 0.216 e. The third-order valence-corrected chi connectivity index (χ3v) is 2.66. The molecule has 0 amide bonds. The maximum atomic E-state index is 5.41. The number of rotatable bonds is 2. The van der Waals surface area contributed by atoms with Crippen molar-refractivity contribution in [2.24, 2.45) is 9.98 Å². The van der Waals surface area contributed by atoms with Crippen LogP contribution in [0.3, 0.4) is 0 Å². The summed E-state index contributed by atoms with van der Waals surface area (Å²) in [6, 6.07) is 8.16. The Bertz CT molecular complexity index is 405. The van der Waals surface area contributed by atoms with Crippen molar-refractivity contribution in [2.75, 3.05) is 26.2 Å². The molecule has 2 aliphatic heterocycles. The lowest BCUT2D eigenvalue weighted by molar-refractivity contribution is 0.348. The number of ether oxygens (including phenoxy) is 1. The summed E-state index contributed by atoms with van der Waals surface area (Å²) in [6.07, 6.45) is 0. The quantitative estimate of drug-likeness (QED) is 0.793. The van der Waals surface area contributed by atoms with E-state index in [-0.39, 0.29) is 0 Å². The van der Waals surface area contributed by atoms with Gasteiger partial charge in [-0.25, -0.2) is 4.99 Å². The van der Waals surface area contributed by atoms with E-state index in [9.17, 15) is 0 Å². The van der Waals surface area contributed by atoms with Crippen molar-refractivity contribution in [1.29, 1.82) is 0 Å². The van der Waals surface area contributed by atoms with Crippen LogP contribution in [-0.2, 0) is 4.74 Å². The Morgan fingerprint density at radius 2 is 1.81 bits per heavy atom. The highest BCUT2D eigenvalue weighted by molar-refractivity contribution is 6.01. The van der Waals surface area contributed by atoms with Crippen molar-refractivity contribution in [3.8, 4) is 0 Å². The summed E-state index contributed by atoms with van der Waals surface area (Å²) >= 11 is 0. The first-order chi connectivity index (χ1) is 7.93. The predicted octanol–water partition coefficient (Wildman–Crippen LogP) is 0.813. The molecule has 4 heteroatoms. The third-order valence-electron chi connectivity index (χ3n) is 2.66. The molecule has 0 bridgehead atoms. The average Bonchev–Trinajstić information content (AvgIpc) is 3.03. The van der Waals surface area contributed by atoms with Gasteiger partial charge in [0.15, 0.2) is 0 Å². The Morgan fingerprint density at radius 3 is 2.44 bits per heavy atom. The van der Waals surface area contributed by atoms with Gasteiger partial charge in [0.2, 0.25) is 5.90 Å². The number of nitrogens with zero attached hydrogens (tertiary/aromatic N) is 2. The molecule has 0 spiro atoms. The Hall–Kier alpha value is -1.84. The molecule has 0 radical (unpaired) electrons. The van der Waals surface area contributed by atoms with E-state index in [0.717, 1.165) is 42.5 Å². The molecule has 0 unspecified atom stereocenters. The zero-order valence-corrected chi connectivity index (χ0v) is 8.94. The molecule has 1 aromatic rings. The summed E-state index contributed by atoms with van der Waals surface area (Å²) in [4.78, 5) is 8.66. The summed E-state index contributed by atoms with van der Waals surface area (Å²) in [6.45, 7) is 3.27. The van der Waals surface area contributed by atoms with Crippen LogP contribution in [0.4, 0.5) is 0 Å². The number of hydrogen-bond acceptors (Lipinski definition) is 4. The van der Waals surface area contributed by atoms with E-state index in [4.69, 9.17) is 4.74 Å². The highest BCUT2D eigenvalue weighted by Gasteiger charge is 2.11. The fraction of sp³-hybridized carbons (Fsp3) is 0.333. The molecule has 16 heavy (non-hydrogen) atoms. The van der Waals surface area contributed by atoms with Gasteiger partial charge in [0.25, 0.3) is 0 Å². The molecule has 0 aliphatic carbocycles. The van der Waals surface area contributed by atoms with Crippen molar-refractivity contribution in [1.82, 2.24) is 5.32 Å². The zero-order chi connectivity index (χ0) is 10.8. The molecule has 4 nitrogen and oxygen atoms in total. The lowest BCUT2D eigenvalue weighted by Gasteiger charge is -2.04. The fourth-order valence-corrected chi connectivity index (χ4v) is 1.87. The van der Waals surface area contributed by atoms with Gasteiger partial charge >= 0.3 is 0 Å². The van der Waals surface area contributed by atoms with Gasteiger partial charge in [-0.05, 0) is 12.1 Å². The molecule has 0 saturated carbocycles. The topological polar surface area (TPSA) is 46.0 Å². The maximum Gasteiger partial charge on any atom is 0.216 e. The van der Waals surface area contributed by atoms with E-state index < -0.39 is 0 Å². The largest absolute Gasteiger partial charge is 0.476 e. The number of hydrogen-bond donors (Lipinski definition) is 1. The van der Waals surface area contributed by atoms with E-state index in [1.165, 1.54) is 0 Å². The van der Waals surface area contributed by atoms with Crippen LogP contribution in [0.5, 0.6) is 0 Å². The summed E-state index contributed by atoms with van der Waals surface area (Å²) in [5.41, 5.74) is 2.17. The lowest BCUT2D eigenvalue weighted by Crippen LogP contribution is -2.19. The zero-order valence-electron chi connectivity index (χ0n) is 8.94. The second-order valence-corrected chi connectivity index (χ2v) is 3.77. The second kappa shape index (κ2) is 3.96. The minimum Gasteiger partial charge on any atom is -0.476 e. The van der Waals surface area contributed by atoms with Crippen molar-refractivity contribution in [3.63, 3.8) is 0 Å². The van der Waals surface area contributed by atoms with Crippen LogP contribution in [0.2, 0.25) is 0 Å². The van der Waals surface area contributed by atoms with E-state index in [0.29, 0.717) is 6.61 Å².